The lowest BCUT2D eigenvalue weighted by atomic mass is 10.0. The molecule has 0 aliphatic heterocycles. The van der Waals surface area contributed by atoms with E-state index < -0.39 is 0 Å². The standard InChI is InChI=1S/C50H88O19/c1-2-3-5-47-6-4-7-48-46-49(8-9-50(47)48)69-45-44-68-43-42-67-41-40-66-39-38-65-37-36-64-35-34-63-33-32-62-31-30-61-29-28-60-27-26-59-25-24-58-23-22-57-21-20-56-19-18-55-17-16-54-15-14-53-13-12-52-11-10-51/h4,6-9,46,51H,2-3,5,10-45H2,1H3. The molecule has 19 nitrogen and oxygen atoms in total. The molecule has 0 unspecified atom stereocenters. The number of hydrogen-bond donors (Lipinski definition) is 1. The molecule has 2 aromatic rings. The summed E-state index contributed by atoms with van der Waals surface area (Å²) >= 11 is 0. The van der Waals surface area contributed by atoms with Gasteiger partial charge in [-0.1, -0.05) is 37.6 Å². The lowest BCUT2D eigenvalue weighted by Crippen LogP contribution is -2.16. The maximum atomic E-state index is 8.61. The number of aliphatic hydroxyl groups excluding tert-OH is 1. The Balaban J connectivity index is 1.14. The zero-order valence-electron chi connectivity index (χ0n) is 41.8. The largest absolute Gasteiger partial charge is 0.491 e. The van der Waals surface area contributed by atoms with Crippen molar-refractivity contribution in [3.05, 3.63) is 42.0 Å². The lowest BCUT2D eigenvalue weighted by Gasteiger charge is -2.10. The molecule has 0 radical (unpaired) electrons. The van der Waals surface area contributed by atoms with E-state index in [1.54, 1.807) is 0 Å². The van der Waals surface area contributed by atoms with Gasteiger partial charge in [-0.3, -0.25) is 0 Å². The normalized spacial score (nSPS) is 11.7. The molecule has 0 atom stereocenters. The van der Waals surface area contributed by atoms with Crippen LogP contribution in [0.5, 0.6) is 5.75 Å². The number of ether oxygens (including phenoxy) is 18. The summed E-state index contributed by atoms with van der Waals surface area (Å²) in [7, 11) is 0. The van der Waals surface area contributed by atoms with Gasteiger partial charge < -0.3 is 90.4 Å². The minimum atomic E-state index is 0.0202. The first-order chi connectivity index (χ1) is 34.3. The zero-order chi connectivity index (χ0) is 48.9. The van der Waals surface area contributed by atoms with Crippen molar-refractivity contribution in [1.82, 2.24) is 0 Å². The van der Waals surface area contributed by atoms with Crippen molar-refractivity contribution < 1.29 is 90.4 Å². The molecular weight excluding hydrogens is 905 g/mol. The predicted octanol–water partition coefficient (Wildman–Crippen LogP) is 3.84. The second-order valence-corrected chi connectivity index (χ2v) is 14.9. The Labute approximate surface area is 412 Å². The van der Waals surface area contributed by atoms with Crippen LogP contribution in [0.2, 0.25) is 0 Å². The number of unbranched alkanes of at least 4 members (excludes halogenated alkanes) is 1. The van der Waals surface area contributed by atoms with E-state index in [0.717, 1.165) is 12.2 Å². The summed E-state index contributed by atoms with van der Waals surface area (Å²) in [5.41, 5.74) is 1.40. The fourth-order valence-electron chi connectivity index (χ4n) is 5.91. The van der Waals surface area contributed by atoms with Crippen molar-refractivity contribution in [3.8, 4) is 5.75 Å². The Kier molecular flexibility index (Phi) is 47.5. The van der Waals surface area contributed by atoms with Crippen LogP contribution in [0.1, 0.15) is 25.3 Å². The molecule has 0 aliphatic carbocycles. The van der Waals surface area contributed by atoms with Gasteiger partial charge in [-0.05, 0) is 41.3 Å². The molecule has 0 aromatic heterocycles. The van der Waals surface area contributed by atoms with Gasteiger partial charge in [-0.25, -0.2) is 0 Å². The summed E-state index contributed by atoms with van der Waals surface area (Å²) < 4.78 is 99.1. The highest BCUT2D eigenvalue weighted by Gasteiger charge is 2.04. The minimum Gasteiger partial charge on any atom is -0.491 e. The average Bonchev–Trinajstić information content (AvgIpc) is 3.37. The predicted molar refractivity (Wildman–Crippen MR) is 259 cm³/mol. The van der Waals surface area contributed by atoms with E-state index in [9.17, 15) is 0 Å². The Morgan fingerprint density at radius 1 is 0.319 bits per heavy atom. The van der Waals surface area contributed by atoms with E-state index >= 15 is 0 Å². The monoisotopic (exact) mass is 993 g/mol. The number of hydrogen-bond acceptors (Lipinski definition) is 19. The molecule has 0 aliphatic rings. The van der Waals surface area contributed by atoms with Crippen LogP contribution in [0, 0.1) is 0 Å². The Bertz CT molecular complexity index is 1330. The van der Waals surface area contributed by atoms with Gasteiger partial charge in [0.1, 0.15) is 12.4 Å². The molecule has 0 saturated carbocycles. The first kappa shape index (κ1) is 62.9. The van der Waals surface area contributed by atoms with Gasteiger partial charge >= 0.3 is 0 Å². The minimum absolute atomic E-state index is 0.0202. The summed E-state index contributed by atoms with van der Waals surface area (Å²) in [6.07, 6.45) is 3.50. The van der Waals surface area contributed by atoms with Gasteiger partial charge in [-0.2, -0.15) is 0 Å². The molecule has 69 heavy (non-hydrogen) atoms. The fourth-order valence-corrected chi connectivity index (χ4v) is 5.91. The summed E-state index contributed by atoms with van der Waals surface area (Å²) in [4.78, 5) is 0. The van der Waals surface area contributed by atoms with Crippen molar-refractivity contribution in [2.45, 2.75) is 26.2 Å². The third-order valence-electron chi connectivity index (χ3n) is 9.43. The third-order valence-corrected chi connectivity index (χ3v) is 9.43. The molecule has 0 fully saturated rings. The summed E-state index contributed by atoms with van der Waals surface area (Å²) in [6.45, 7) is 19.4. The highest BCUT2D eigenvalue weighted by molar-refractivity contribution is 5.87. The number of benzene rings is 2. The zero-order valence-corrected chi connectivity index (χ0v) is 41.8. The molecule has 0 saturated heterocycles. The maximum absolute atomic E-state index is 8.61. The Morgan fingerprint density at radius 2 is 0.594 bits per heavy atom. The van der Waals surface area contributed by atoms with Crippen molar-refractivity contribution in [1.29, 1.82) is 0 Å². The average molecular weight is 993 g/mol. The van der Waals surface area contributed by atoms with Crippen LogP contribution in [0.4, 0.5) is 0 Å². The van der Waals surface area contributed by atoms with Crippen molar-refractivity contribution in [3.63, 3.8) is 0 Å². The van der Waals surface area contributed by atoms with E-state index in [2.05, 4.69) is 37.3 Å². The van der Waals surface area contributed by atoms with Crippen LogP contribution >= 0.6 is 0 Å². The lowest BCUT2D eigenvalue weighted by molar-refractivity contribution is -0.0309. The van der Waals surface area contributed by atoms with Gasteiger partial charge in [0.15, 0.2) is 0 Å². The number of aliphatic hydroxyl groups is 1. The molecule has 0 heterocycles. The van der Waals surface area contributed by atoms with E-state index in [1.165, 1.54) is 29.2 Å². The molecule has 0 bridgehead atoms. The van der Waals surface area contributed by atoms with Gasteiger partial charge in [0.25, 0.3) is 0 Å². The SMILES string of the molecule is CCCCc1cccc2cc(OCCOCCOCCOCCOCCOCCOCCOCCOCCOCCOCCOCCOCCOCCOCCOCCOCCOCCO)ccc12. The molecule has 2 rings (SSSR count). The molecule has 1 N–H and O–H groups in total. The van der Waals surface area contributed by atoms with E-state index in [1.807, 2.05) is 6.07 Å². The quantitative estimate of drug-likeness (QED) is 0.0942. The van der Waals surface area contributed by atoms with Gasteiger partial charge in [0, 0.05) is 0 Å². The summed E-state index contributed by atoms with van der Waals surface area (Å²) in [5.74, 6) is 0.861. The van der Waals surface area contributed by atoms with E-state index in [-0.39, 0.29) is 6.61 Å². The second kappa shape index (κ2) is 52.1. The summed E-state index contributed by atoms with van der Waals surface area (Å²) in [6, 6.07) is 12.8. The maximum Gasteiger partial charge on any atom is 0.120 e. The second-order valence-electron chi connectivity index (χ2n) is 14.9. The van der Waals surface area contributed by atoms with Crippen LogP contribution < -0.4 is 4.74 Å². The number of rotatable bonds is 57. The van der Waals surface area contributed by atoms with Crippen molar-refractivity contribution >= 4 is 10.8 Å². The van der Waals surface area contributed by atoms with Crippen molar-refractivity contribution in [2.24, 2.45) is 0 Å². The highest BCUT2D eigenvalue weighted by Crippen LogP contribution is 2.25. The first-order valence-electron chi connectivity index (χ1n) is 24.9. The van der Waals surface area contributed by atoms with Gasteiger partial charge in [0.2, 0.25) is 0 Å². The number of fused-ring (bicyclic) bond motifs is 1. The van der Waals surface area contributed by atoms with Gasteiger partial charge in [-0.15, -0.1) is 0 Å². The number of aryl methyl sites for hydroxylation is 1. The van der Waals surface area contributed by atoms with Crippen LogP contribution in [0.3, 0.4) is 0 Å². The Hall–Kier alpha value is -2.22. The van der Waals surface area contributed by atoms with Crippen LogP contribution in [0.25, 0.3) is 10.8 Å². The fraction of sp³-hybridized carbons (Fsp3) is 0.800. The Morgan fingerprint density at radius 3 is 0.870 bits per heavy atom. The molecule has 2 aromatic carbocycles. The van der Waals surface area contributed by atoms with Crippen LogP contribution in [-0.4, -0.2) is 243 Å². The van der Waals surface area contributed by atoms with E-state index in [0.29, 0.717) is 231 Å². The third kappa shape index (κ3) is 42.0. The highest BCUT2D eigenvalue weighted by atomic mass is 16.6. The van der Waals surface area contributed by atoms with Crippen molar-refractivity contribution in [2.75, 3.05) is 238 Å². The van der Waals surface area contributed by atoms with Crippen LogP contribution in [-0.2, 0) is 86.9 Å². The smallest absolute Gasteiger partial charge is 0.120 e. The van der Waals surface area contributed by atoms with E-state index in [4.69, 9.17) is 90.4 Å². The molecule has 402 valence electrons. The topological polar surface area (TPSA) is 186 Å². The summed E-state index contributed by atoms with van der Waals surface area (Å²) in [5, 5.41) is 11.1. The van der Waals surface area contributed by atoms with Gasteiger partial charge in [0.05, 0.1) is 231 Å². The van der Waals surface area contributed by atoms with Crippen LogP contribution in [0.15, 0.2) is 36.4 Å². The molecule has 0 amide bonds. The molecule has 0 spiro atoms. The molecule has 19 heteroatoms. The molecular formula is C50H88O19. The first-order valence-corrected chi connectivity index (χ1v) is 24.9.